The van der Waals surface area contributed by atoms with Gasteiger partial charge in [-0.15, -0.1) is 11.6 Å². The zero-order valence-corrected chi connectivity index (χ0v) is 5.25. The van der Waals surface area contributed by atoms with Crippen LogP contribution in [0.5, 0.6) is 0 Å². The lowest BCUT2D eigenvalue weighted by Crippen LogP contribution is -2.32. The van der Waals surface area contributed by atoms with E-state index < -0.39 is 24.1 Å². The van der Waals surface area contributed by atoms with Crippen molar-refractivity contribution >= 4 is 17.6 Å². The van der Waals surface area contributed by atoms with Crippen molar-refractivity contribution in [1.82, 2.24) is 0 Å². The molecule has 0 spiro atoms. The summed E-state index contributed by atoms with van der Waals surface area (Å²) in [4.78, 5) is 9.85. The molecule has 0 radical (unpaired) electrons. The van der Waals surface area contributed by atoms with Crippen molar-refractivity contribution in [1.29, 1.82) is 0 Å². The summed E-state index contributed by atoms with van der Waals surface area (Å²) in [6.45, 7) is -0.547. The summed E-state index contributed by atoms with van der Waals surface area (Å²) in [5, 5.41) is 23.6. The highest BCUT2D eigenvalue weighted by atomic mass is 35.5. The molecule has 0 saturated carbocycles. The number of aliphatic hydroxyl groups is 2. The Morgan fingerprint density at radius 2 is 2.11 bits per heavy atom. The Bertz CT molecular complexity index is 105. The quantitative estimate of drug-likeness (QED) is 0.457. The van der Waals surface area contributed by atoms with E-state index >= 15 is 0 Å². The lowest BCUT2D eigenvalue weighted by Gasteiger charge is -2.07. The highest BCUT2D eigenvalue weighted by Crippen LogP contribution is 2.00. The van der Waals surface area contributed by atoms with Crippen LogP contribution < -0.4 is 0 Å². The van der Waals surface area contributed by atoms with Crippen LogP contribution in [0.2, 0.25) is 0 Å². The second-order valence-electron chi connectivity index (χ2n) is 1.48. The van der Waals surface area contributed by atoms with Gasteiger partial charge in [0.25, 0.3) is 0 Å². The number of aliphatic carboxylic acids is 1. The first-order chi connectivity index (χ1) is 4.09. The van der Waals surface area contributed by atoms with E-state index in [1.807, 2.05) is 0 Å². The molecule has 0 aliphatic heterocycles. The number of hydrogen-bond acceptors (Lipinski definition) is 3. The molecule has 0 aliphatic rings. The first-order valence-electron chi connectivity index (χ1n) is 2.25. The van der Waals surface area contributed by atoms with Gasteiger partial charge in [-0.3, -0.25) is 0 Å². The van der Waals surface area contributed by atoms with Crippen LogP contribution in [0.4, 0.5) is 0 Å². The molecule has 0 aromatic rings. The number of rotatable bonds is 3. The zero-order chi connectivity index (χ0) is 7.44. The largest absolute Gasteiger partial charge is 0.479 e. The van der Waals surface area contributed by atoms with E-state index in [2.05, 4.69) is 0 Å². The standard InChI is InChI=1S/C4H7ClO4/c5-2(1-6)3(7)4(8)9/h2-3,6-7H,1H2,(H,8,9)/t2-,3-/m0/s1. The maximum atomic E-state index is 9.85. The monoisotopic (exact) mass is 154 g/mol. The first kappa shape index (κ1) is 8.68. The van der Waals surface area contributed by atoms with E-state index in [1.54, 1.807) is 0 Å². The second-order valence-corrected chi connectivity index (χ2v) is 2.04. The minimum absolute atomic E-state index is 0.547. The minimum Gasteiger partial charge on any atom is -0.479 e. The summed E-state index contributed by atoms with van der Waals surface area (Å²) in [6.07, 6.45) is -1.68. The summed E-state index contributed by atoms with van der Waals surface area (Å²) in [5.74, 6) is -1.43. The Hall–Kier alpha value is -0.320. The fourth-order valence-electron chi connectivity index (χ4n) is 0.255. The molecule has 0 saturated heterocycles. The average molecular weight is 155 g/mol. The van der Waals surface area contributed by atoms with Crippen LogP contribution in [-0.2, 0) is 4.79 Å². The van der Waals surface area contributed by atoms with E-state index in [0.29, 0.717) is 0 Å². The molecular formula is C4H7ClO4. The Kier molecular flexibility index (Phi) is 3.53. The van der Waals surface area contributed by atoms with Gasteiger partial charge in [0, 0.05) is 0 Å². The van der Waals surface area contributed by atoms with Crippen molar-refractivity contribution in [2.24, 2.45) is 0 Å². The first-order valence-corrected chi connectivity index (χ1v) is 2.69. The Labute approximate surface area is 56.7 Å². The molecule has 5 heteroatoms. The van der Waals surface area contributed by atoms with Gasteiger partial charge in [0.15, 0.2) is 6.10 Å². The predicted molar refractivity (Wildman–Crippen MR) is 30.4 cm³/mol. The second kappa shape index (κ2) is 3.66. The highest BCUT2D eigenvalue weighted by molar-refractivity contribution is 6.22. The van der Waals surface area contributed by atoms with Crippen LogP contribution in [0.15, 0.2) is 0 Å². The minimum atomic E-state index is -1.68. The van der Waals surface area contributed by atoms with Gasteiger partial charge in [-0.05, 0) is 0 Å². The van der Waals surface area contributed by atoms with Crippen LogP contribution in [0.25, 0.3) is 0 Å². The number of carbonyl (C=O) groups is 1. The summed E-state index contributed by atoms with van der Waals surface area (Å²) in [7, 11) is 0. The average Bonchev–Trinajstić information content (AvgIpc) is 1.84. The van der Waals surface area contributed by atoms with Crippen LogP contribution in [0.3, 0.4) is 0 Å². The molecule has 3 N–H and O–H groups in total. The van der Waals surface area contributed by atoms with E-state index in [0.717, 1.165) is 0 Å². The molecule has 0 amide bonds. The molecule has 9 heavy (non-hydrogen) atoms. The Balaban J connectivity index is 3.72. The molecule has 0 heterocycles. The van der Waals surface area contributed by atoms with Gasteiger partial charge in [-0.1, -0.05) is 0 Å². The SMILES string of the molecule is O=C(O)[C@@H](O)[C@@H](Cl)CO. The highest BCUT2D eigenvalue weighted by Gasteiger charge is 2.22. The molecule has 54 valence electrons. The Morgan fingerprint density at radius 1 is 1.67 bits per heavy atom. The third-order valence-electron chi connectivity index (χ3n) is 0.770. The molecule has 0 unspecified atom stereocenters. The normalized spacial score (nSPS) is 16.8. The van der Waals surface area contributed by atoms with Crippen LogP contribution in [0, 0.1) is 0 Å². The number of carboxylic acids is 1. The fourth-order valence-corrected chi connectivity index (χ4v) is 0.362. The molecule has 4 nitrogen and oxygen atoms in total. The molecule has 0 aromatic heterocycles. The van der Waals surface area contributed by atoms with Gasteiger partial charge in [0.05, 0.1) is 12.0 Å². The van der Waals surface area contributed by atoms with Gasteiger partial charge in [-0.2, -0.15) is 0 Å². The third-order valence-corrected chi connectivity index (χ3v) is 1.15. The van der Waals surface area contributed by atoms with Crippen LogP contribution in [-0.4, -0.2) is 39.4 Å². The van der Waals surface area contributed by atoms with Crippen molar-refractivity contribution < 1.29 is 20.1 Å². The van der Waals surface area contributed by atoms with Crippen molar-refractivity contribution in [3.8, 4) is 0 Å². The van der Waals surface area contributed by atoms with Gasteiger partial charge in [-0.25, -0.2) is 4.79 Å². The van der Waals surface area contributed by atoms with Crippen LogP contribution in [0.1, 0.15) is 0 Å². The van der Waals surface area contributed by atoms with Crippen LogP contribution >= 0.6 is 11.6 Å². The lowest BCUT2D eigenvalue weighted by molar-refractivity contribution is -0.147. The molecule has 0 rings (SSSR count). The molecule has 0 bridgehead atoms. The lowest BCUT2D eigenvalue weighted by atomic mass is 10.3. The topological polar surface area (TPSA) is 77.8 Å². The van der Waals surface area contributed by atoms with Crippen molar-refractivity contribution in [2.45, 2.75) is 11.5 Å². The molecule has 0 aliphatic carbocycles. The number of alkyl halides is 1. The van der Waals surface area contributed by atoms with Crippen molar-refractivity contribution in [3.63, 3.8) is 0 Å². The Morgan fingerprint density at radius 3 is 2.22 bits per heavy atom. The summed E-state index contributed by atoms with van der Waals surface area (Å²) < 4.78 is 0. The summed E-state index contributed by atoms with van der Waals surface area (Å²) in [5.41, 5.74) is 0. The molecular weight excluding hydrogens is 147 g/mol. The molecule has 0 aromatic carbocycles. The van der Waals surface area contributed by atoms with Gasteiger partial charge < -0.3 is 15.3 Å². The number of carboxylic acid groups (broad SMARTS) is 1. The van der Waals surface area contributed by atoms with E-state index in [1.165, 1.54) is 0 Å². The number of hydrogen-bond donors (Lipinski definition) is 3. The smallest absolute Gasteiger partial charge is 0.334 e. The molecule has 0 fully saturated rings. The van der Waals surface area contributed by atoms with E-state index in [9.17, 15) is 4.79 Å². The van der Waals surface area contributed by atoms with Gasteiger partial charge >= 0.3 is 5.97 Å². The van der Waals surface area contributed by atoms with Crippen molar-refractivity contribution in [3.05, 3.63) is 0 Å². The zero-order valence-electron chi connectivity index (χ0n) is 4.49. The van der Waals surface area contributed by atoms with Gasteiger partial charge in [0.1, 0.15) is 0 Å². The predicted octanol–water partition coefficient (Wildman–Crippen LogP) is -0.968. The molecule has 2 atom stereocenters. The fraction of sp³-hybridized carbons (Fsp3) is 0.750. The number of aliphatic hydroxyl groups excluding tert-OH is 2. The van der Waals surface area contributed by atoms with Crippen molar-refractivity contribution in [2.75, 3.05) is 6.61 Å². The summed E-state index contributed by atoms with van der Waals surface area (Å²) in [6, 6.07) is 0. The number of halogens is 1. The maximum Gasteiger partial charge on any atom is 0.334 e. The van der Waals surface area contributed by atoms with Gasteiger partial charge in [0.2, 0.25) is 0 Å². The maximum absolute atomic E-state index is 9.85. The summed E-state index contributed by atoms with van der Waals surface area (Å²) >= 11 is 5.13. The third kappa shape index (κ3) is 2.64. The van der Waals surface area contributed by atoms with E-state index in [4.69, 9.17) is 26.9 Å². The van der Waals surface area contributed by atoms with E-state index in [-0.39, 0.29) is 0 Å².